The fourth-order valence-corrected chi connectivity index (χ4v) is 12.8. The lowest BCUT2D eigenvalue weighted by atomic mass is 9.33. The second kappa shape index (κ2) is 16.7. The highest BCUT2D eigenvalue weighted by atomic mass is 32.1. The van der Waals surface area contributed by atoms with Gasteiger partial charge < -0.3 is 19.3 Å². The Bertz CT molecular complexity index is 3830. The van der Waals surface area contributed by atoms with Gasteiger partial charge in [-0.25, -0.2) is 0 Å². The fraction of sp³-hybridized carbons (Fsp3) is 0.206. The summed E-state index contributed by atoms with van der Waals surface area (Å²) < 4.78 is 14.6. The molecule has 364 valence electrons. The number of thiophene rings is 1. The van der Waals surface area contributed by atoms with Crippen molar-refractivity contribution in [3.63, 3.8) is 0 Å². The van der Waals surface area contributed by atoms with Crippen LogP contribution in [0.4, 0.5) is 34.1 Å². The van der Waals surface area contributed by atoms with Gasteiger partial charge in [-0.3, -0.25) is 0 Å². The van der Waals surface area contributed by atoms with Crippen LogP contribution in [0.15, 0.2) is 176 Å². The number of hydrogen-bond acceptors (Lipinski definition) is 5. The highest BCUT2D eigenvalue weighted by Gasteiger charge is 2.44. The SMILES string of the molecule is Cc1cc2c3c(c1)N(c1cc(-c4ccc(C(C)(C)C)cc4)cc(-c4ccc(C(C)(C)C)cc4)c1)c1cc(-c4ccc5c(c4)sc4ccccc45)ccc1B3c1cc(C(C)(C)C)ccc1N2c1ccc2c(c1)OCO2. The van der Waals surface area contributed by atoms with Crippen LogP contribution in [0.2, 0.25) is 0 Å². The number of anilines is 6. The predicted molar refractivity (Wildman–Crippen MR) is 317 cm³/mol. The van der Waals surface area contributed by atoms with Crippen molar-refractivity contribution in [2.45, 2.75) is 85.5 Å². The molecular weight excluding hydrogens is 920 g/mol. The van der Waals surface area contributed by atoms with Crippen LogP contribution < -0.4 is 35.7 Å². The molecule has 0 saturated heterocycles. The van der Waals surface area contributed by atoms with Crippen LogP contribution in [-0.4, -0.2) is 13.5 Å². The molecule has 3 aliphatic rings. The molecule has 0 saturated carbocycles. The van der Waals surface area contributed by atoms with Crippen LogP contribution in [0, 0.1) is 6.92 Å². The summed E-state index contributed by atoms with van der Waals surface area (Å²) in [5.41, 5.74) is 23.0. The third-order valence-electron chi connectivity index (χ3n) is 15.7. The van der Waals surface area contributed by atoms with E-state index < -0.39 is 0 Å². The minimum Gasteiger partial charge on any atom is -0.454 e. The van der Waals surface area contributed by atoms with E-state index in [0.29, 0.717) is 0 Å². The van der Waals surface area contributed by atoms with Gasteiger partial charge in [0.25, 0.3) is 6.71 Å². The van der Waals surface area contributed by atoms with Gasteiger partial charge in [0.2, 0.25) is 6.79 Å². The molecule has 9 aromatic carbocycles. The molecule has 0 unspecified atom stereocenters. The zero-order chi connectivity index (χ0) is 51.0. The molecular formula is C68H61BN2O2S. The van der Waals surface area contributed by atoms with E-state index in [-0.39, 0.29) is 29.8 Å². The van der Waals surface area contributed by atoms with Crippen LogP contribution in [0.5, 0.6) is 11.5 Å². The van der Waals surface area contributed by atoms with Gasteiger partial charge in [-0.05, 0) is 162 Å². The van der Waals surface area contributed by atoms with E-state index in [1.54, 1.807) is 0 Å². The molecule has 13 rings (SSSR count). The Morgan fingerprint density at radius 3 is 1.64 bits per heavy atom. The summed E-state index contributed by atoms with van der Waals surface area (Å²) in [5.74, 6) is 1.54. The lowest BCUT2D eigenvalue weighted by molar-refractivity contribution is 0.174. The van der Waals surface area contributed by atoms with Gasteiger partial charge in [-0.15, -0.1) is 11.3 Å². The first-order valence-electron chi connectivity index (χ1n) is 26.2. The molecule has 0 fully saturated rings. The number of fused-ring (bicyclic) bond motifs is 8. The number of benzene rings is 9. The molecule has 10 aromatic rings. The van der Waals surface area contributed by atoms with Crippen molar-refractivity contribution in [3.8, 4) is 44.9 Å². The highest BCUT2D eigenvalue weighted by Crippen LogP contribution is 2.49. The average Bonchev–Trinajstić information content (AvgIpc) is 4.04. The molecule has 0 atom stereocenters. The molecule has 0 radical (unpaired) electrons. The molecule has 0 bridgehead atoms. The Morgan fingerprint density at radius 1 is 0.405 bits per heavy atom. The van der Waals surface area contributed by atoms with Gasteiger partial charge in [0.1, 0.15) is 0 Å². The van der Waals surface area contributed by atoms with Crippen LogP contribution in [-0.2, 0) is 16.2 Å². The van der Waals surface area contributed by atoms with E-state index in [0.717, 1.165) is 22.9 Å². The number of aryl methyl sites for hydroxylation is 1. The van der Waals surface area contributed by atoms with Crippen LogP contribution in [0.25, 0.3) is 53.6 Å². The van der Waals surface area contributed by atoms with Crippen LogP contribution >= 0.6 is 11.3 Å². The number of ether oxygens (including phenoxy) is 2. The van der Waals surface area contributed by atoms with Gasteiger partial charge in [0, 0.05) is 54.7 Å². The topological polar surface area (TPSA) is 24.9 Å². The van der Waals surface area contributed by atoms with E-state index in [1.165, 1.54) is 115 Å². The first kappa shape index (κ1) is 46.3. The number of nitrogens with zero attached hydrogens (tertiary/aromatic N) is 2. The minimum absolute atomic E-state index is 0.0403. The third-order valence-corrected chi connectivity index (χ3v) is 16.9. The van der Waals surface area contributed by atoms with Crippen molar-refractivity contribution < 1.29 is 9.47 Å². The summed E-state index contributed by atoms with van der Waals surface area (Å²) >= 11 is 1.88. The van der Waals surface area contributed by atoms with Gasteiger partial charge in [-0.2, -0.15) is 0 Å². The van der Waals surface area contributed by atoms with Crippen molar-refractivity contribution in [2.24, 2.45) is 0 Å². The third kappa shape index (κ3) is 7.71. The Kier molecular flexibility index (Phi) is 10.5. The molecule has 6 heteroatoms. The maximum atomic E-state index is 6.06. The average molecular weight is 981 g/mol. The number of rotatable bonds is 5. The molecule has 0 aliphatic carbocycles. The van der Waals surface area contributed by atoms with Crippen molar-refractivity contribution in [1.82, 2.24) is 0 Å². The summed E-state index contributed by atoms with van der Waals surface area (Å²) in [6, 6.07) is 67.3. The van der Waals surface area contributed by atoms with E-state index in [4.69, 9.17) is 9.47 Å². The summed E-state index contributed by atoms with van der Waals surface area (Å²) in [6.45, 7) is 23.1. The summed E-state index contributed by atoms with van der Waals surface area (Å²) in [7, 11) is 0. The maximum Gasteiger partial charge on any atom is 0.252 e. The fourth-order valence-electron chi connectivity index (χ4n) is 11.7. The molecule has 0 N–H and O–H groups in total. The minimum atomic E-state index is -0.0688. The normalized spacial score (nSPS) is 13.9. The summed E-state index contributed by atoms with van der Waals surface area (Å²) in [6.07, 6.45) is 0. The molecule has 0 amide bonds. The zero-order valence-corrected chi connectivity index (χ0v) is 45.0. The number of hydrogen-bond donors (Lipinski definition) is 0. The Balaban J connectivity index is 1.09. The van der Waals surface area contributed by atoms with E-state index in [1.807, 2.05) is 11.3 Å². The van der Waals surface area contributed by atoms with Crippen molar-refractivity contribution in [3.05, 3.63) is 198 Å². The van der Waals surface area contributed by atoms with Crippen LogP contribution in [0.1, 0.15) is 84.6 Å². The highest BCUT2D eigenvalue weighted by molar-refractivity contribution is 7.25. The lowest BCUT2D eigenvalue weighted by Gasteiger charge is -2.45. The Morgan fingerprint density at radius 2 is 0.973 bits per heavy atom. The first-order chi connectivity index (χ1) is 35.4. The van der Waals surface area contributed by atoms with Gasteiger partial charge in [0.15, 0.2) is 11.5 Å². The molecule has 74 heavy (non-hydrogen) atoms. The molecule has 4 nitrogen and oxygen atoms in total. The maximum absolute atomic E-state index is 6.06. The van der Waals surface area contributed by atoms with Crippen molar-refractivity contribution in [2.75, 3.05) is 16.6 Å². The zero-order valence-electron chi connectivity index (χ0n) is 44.1. The van der Waals surface area contributed by atoms with E-state index in [9.17, 15) is 0 Å². The Labute approximate surface area is 440 Å². The molecule has 1 aromatic heterocycles. The van der Waals surface area contributed by atoms with Crippen molar-refractivity contribution in [1.29, 1.82) is 0 Å². The predicted octanol–water partition coefficient (Wildman–Crippen LogP) is 17.1. The standard InChI is InChI=1S/C68H61BN2O2S/c1-41-31-59-65-60(32-41)71(52-34-46(42-15-21-48(22-16-42)66(2,3)4)33-47(35-52)43-17-23-49(24-18-43)67(5,6)7)58-36-44(45-19-27-54-53-13-11-12-14-63(53)74-64(54)37-45)20-28-55(58)69(65)56-38-50(68(8,9)10)25-29-57(56)70(59)51-26-30-61-62(39-51)73-40-72-61/h11-39H,40H2,1-10H3. The summed E-state index contributed by atoms with van der Waals surface area (Å²) in [5, 5.41) is 2.62. The Hall–Kier alpha value is -7.54. The smallest absolute Gasteiger partial charge is 0.252 e. The molecule has 0 spiro atoms. The monoisotopic (exact) mass is 980 g/mol. The summed E-state index contributed by atoms with van der Waals surface area (Å²) in [4.78, 5) is 5.06. The quantitative estimate of drug-likeness (QED) is 0.160. The lowest BCUT2D eigenvalue weighted by Crippen LogP contribution is -2.61. The first-order valence-corrected chi connectivity index (χ1v) is 27.0. The molecule has 3 aliphatic heterocycles. The second-order valence-corrected chi connectivity index (χ2v) is 25.0. The van der Waals surface area contributed by atoms with E-state index >= 15 is 0 Å². The molecule has 4 heterocycles. The second-order valence-electron chi connectivity index (χ2n) is 23.9. The van der Waals surface area contributed by atoms with Crippen LogP contribution in [0.3, 0.4) is 0 Å². The van der Waals surface area contributed by atoms with Gasteiger partial charge in [0.05, 0.1) is 5.69 Å². The van der Waals surface area contributed by atoms with Gasteiger partial charge >= 0.3 is 0 Å². The largest absolute Gasteiger partial charge is 0.454 e. The van der Waals surface area contributed by atoms with Crippen molar-refractivity contribution >= 4 is 88.7 Å². The van der Waals surface area contributed by atoms with Gasteiger partial charge in [-0.1, -0.05) is 165 Å². The van der Waals surface area contributed by atoms with E-state index in [2.05, 4.69) is 255 Å².